The molecule has 1 atom stereocenters. The van der Waals surface area contributed by atoms with Crippen LogP contribution in [-0.4, -0.2) is 27.4 Å². The van der Waals surface area contributed by atoms with Gasteiger partial charge in [0.2, 0.25) is 5.75 Å². The van der Waals surface area contributed by atoms with Crippen LogP contribution in [0, 0.1) is 6.92 Å². The van der Waals surface area contributed by atoms with Gasteiger partial charge >= 0.3 is 0 Å². The molecule has 0 heterocycles. The van der Waals surface area contributed by atoms with E-state index in [-0.39, 0.29) is 0 Å². The van der Waals surface area contributed by atoms with Gasteiger partial charge in [0.05, 0.1) is 21.3 Å². The van der Waals surface area contributed by atoms with E-state index in [1.807, 2.05) is 12.1 Å². The summed E-state index contributed by atoms with van der Waals surface area (Å²) < 4.78 is 16.2. The smallest absolute Gasteiger partial charge is 0.203 e. The molecule has 0 aliphatic heterocycles. The number of nitrogens with one attached hydrogen (secondary N) is 1. The van der Waals surface area contributed by atoms with Crippen LogP contribution in [-0.2, 0) is 13.0 Å². The molecule has 1 N–H and O–H groups in total. The molecule has 0 radical (unpaired) electrons. The van der Waals surface area contributed by atoms with Gasteiger partial charge < -0.3 is 19.5 Å². The Morgan fingerprint density at radius 2 is 1.58 bits per heavy atom. The quantitative estimate of drug-likeness (QED) is 0.801. The molecule has 0 saturated heterocycles. The van der Waals surface area contributed by atoms with Crippen LogP contribution in [0.25, 0.3) is 0 Å². The topological polar surface area (TPSA) is 39.7 Å². The molecule has 2 aromatic rings. The fraction of sp³-hybridized carbons (Fsp3) is 0.400. The van der Waals surface area contributed by atoms with Gasteiger partial charge in [0.25, 0.3) is 0 Å². The number of benzene rings is 2. The van der Waals surface area contributed by atoms with Crippen molar-refractivity contribution in [2.24, 2.45) is 0 Å². The summed E-state index contributed by atoms with van der Waals surface area (Å²) in [5.41, 5.74) is 3.81. The number of ether oxygens (including phenoxy) is 3. The minimum Gasteiger partial charge on any atom is -0.493 e. The summed E-state index contributed by atoms with van der Waals surface area (Å²) in [7, 11) is 4.88. The Balaban J connectivity index is 2.04. The maximum Gasteiger partial charge on any atom is 0.203 e. The summed E-state index contributed by atoms with van der Waals surface area (Å²) >= 11 is 0. The third-order valence-corrected chi connectivity index (χ3v) is 4.17. The highest BCUT2D eigenvalue weighted by atomic mass is 16.5. The zero-order valence-corrected chi connectivity index (χ0v) is 15.2. The third-order valence-electron chi connectivity index (χ3n) is 4.17. The van der Waals surface area contributed by atoms with Gasteiger partial charge in [-0.1, -0.05) is 24.3 Å². The fourth-order valence-electron chi connectivity index (χ4n) is 2.77. The monoisotopic (exact) mass is 329 g/mol. The Hall–Kier alpha value is -2.20. The van der Waals surface area contributed by atoms with E-state index in [1.165, 1.54) is 11.1 Å². The first kappa shape index (κ1) is 18.1. The summed E-state index contributed by atoms with van der Waals surface area (Å²) in [6.07, 6.45) is 0.997. The van der Waals surface area contributed by atoms with Gasteiger partial charge in [0.1, 0.15) is 0 Å². The lowest BCUT2D eigenvalue weighted by Gasteiger charge is -2.17. The molecule has 4 nitrogen and oxygen atoms in total. The molecule has 0 aliphatic carbocycles. The van der Waals surface area contributed by atoms with Crippen molar-refractivity contribution >= 4 is 0 Å². The predicted octanol–water partition coefficient (Wildman–Crippen LogP) is 3.74. The molecule has 0 fully saturated rings. The van der Waals surface area contributed by atoms with Crippen molar-refractivity contribution in [1.82, 2.24) is 5.32 Å². The zero-order chi connectivity index (χ0) is 17.5. The molecule has 24 heavy (non-hydrogen) atoms. The first-order valence-corrected chi connectivity index (χ1v) is 8.15. The fourth-order valence-corrected chi connectivity index (χ4v) is 2.77. The van der Waals surface area contributed by atoms with Gasteiger partial charge in [-0.15, -0.1) is 0 Å². The highest BCUT2D eigenvalue weighted by Gasteiger charge is 2.13. The third kappa shape index (κ3) is 4.42. The van der Waals surface area contributed by atoms with Crippen molar-refractivity contribution in [1.29, 1.82) is 0 Å². The molecule has 0 spiro atoms. The molecule has 4 heteroatoms. The predicted molar refractivity (Wildman–Crippen MR) is 97.3 cm³/mol. The zero-order valence-electron chi connectivity index (χ0n) is 15.2. The molecule has 0 saturated carbocycles. The minimum absolute atomic E-state index is 0.366. The summed E-state index contributed by atoms with van der Waals surface area (Å²) in [5.74, 6) is 1.98. The van der Waals surface area contributed by atoms with E-state index < -0.39 is 0 Å². The number of rotatable bonds is 8. The number of hydrogen-bond donors (Lipinski definition) is 1. The number of hydrogen-bond acceptors (Lipinski definition) is 4. The van der Waals surface area contributed by atoms with Gasteiger partial charge in [0.15, 0.2) is 11.5 Å². The van der Waals surface area contributed by atoms with Crippen molar-refractivity contribution in [2.45, 2.75) is 32.9 Å². The van der Waals surface area contributed by atoms with Crippen LogP contribution in [0.5, 0.6) is 17.2 Å². The van der Waals surface area contributed by atoms with Gasteiger partial charge in [-0.05, 0) is 49.1 Å². The lowest BCUT2D eigenvalue weighted by atomic mass is 10.0. The van der Waals surface area contributed by atoms with Crippen molar-refractivity contribution in [3.8, 4) is 17.2 Å². The molecule has 0 amide bonds. The van der Waals surface area contributed by atoms with E-state index in [9.17, 15) is 0 Å². The highest BCUT2D eigenvalue weighted by Crippen LogP contribution is 2.38. The van der Waals surface area contributed by atoms with E-state index in [2.05, 4.69) is 43.4 Å². The maximum absolute atomic E-state index is 5.40. The van der Waals surface area contributed by atoms with Crippen LogP contribution < -0.4 is 19.5 Å². The van der Waals surface area contributed by atoms with Gasteiger partial charge in [-0.2, -0.15) is 0 Å². The molecule has 130 valence electrons. The normalized spacial score (nSPS) is 11.9. The summed E-state index contributed by atoms with van der Waals surface area (Å²) in [5, 5.41) is 3.56. The summed E-state index contributed by atoms with van der Waals surface area (Å²) in [6.45, 7) is 5.09. The lowest BCUT2D eigenvalue weighted by Crippen LogP contribution is -2.27. The molecule has 0 bridgehead atoms. The van der Waals surface area contributed by atoms with E-state index in [0.717, 1.165) is 18.5 Å². The number of aryl methyl sites for hydroxylation is 1. The average Bonchev–Trinajstić information content (AvgIpc) is 2.60. The van der Waals surface area contributed by atoms with Crippen molar-refractivity contribution < 1.29 is 14.2 Å². The largest absolute Gasteiger partial charge is 0.493 e. The molecule has 0 aromatic heterocycles. The molecule has 1 unspecified atom stereocenters. The highest BCUT2D eigenvalue weighted by molar-refractivity contribution is 5.53. The molecule has 2 rings (SSSR count). The SMILES string of the molecule is COc1cc(CNC(C)Cc2ccccc2C)cc(OC)c1OC. The van der Waals surface area contributed by atoms with E-state index in [4.69, 9.17) is 14.2 Å². The first-order chi connectivity index (χ1) is 11.6. The second-order valence-corrected chi connectivity index (χ2v) is 5.95. The molecular weight excluding hydrogens is 302 g/mol. The minimum atomic E-state index is 0.366. The first-order valence-electron chi connectivity index (χ1n) is 8.15. The van der Waals surface area contributed by atoms with Crippen molar-refractivity contribution in [3.05, 3.63) is 53.1 Å². The Bertz CT molecular complexity index is 645. The van der Waals surface area contributed by atoms with Gasteiger partial charge in [0, 0.05) is 12.6 Å². The summed E-state index contributed by atoms with van der Waals surface area (Å²) in [6, 6.07) is 12.8. The molecule has 0 aliphatic rings. The van der Waals surface area contributed by atoms with Crippen molar-refractivity contribution in [2.75, 3.05) is 21.3 Å². The van der Waals surface area contributed by atoms with Crippen LogP contribution in [0.4, 0.5) is 0 Å². The van der Waals surface area contributed by atoms with Crippen LogP contribution in [0.2, 0.25) is 0 Å². The molecule has 2 aromatic carbocycles. The second kappa shape index (κ2) is 8.60. The Morgan fingerprint density at radius 1 is 0.958 bits per heavy atom. The molecular formula is C20H27NO3. The van der Waals surface area contributed by atoms with E-state index in [0.29, 0.717) is 23.3 Å². The summed E-state index contributed by atoms with van der Waals surface area (Å²) in [4.78, 5) is 0. The van der Waals surface area contributed by atoms with Crippen LogP contribution in [0.1, 0.15) is 23.6 Å². The van der Waals surface area contributed by atoms with Crippen LogP contribution in [0.15, 0.2) is 36.4 Å². The van der Waals surface area contributed by atoms with Crippen molar-refractivity contribution in [3.63, 3.8) is 0 Å². The Kier molecular flexibility index (Phi) is 6.50. The Labute approximate surface area is 144 Å². The number of methoxy groups -OCH3 is 3. The standard InChI is InChI=1S/C20H27NO3/c1-14-8-6-7-9-17(14)10-15(2)21-13-16-11-18(22-3)20(24-5)19(12-16)23-4/h6-9,11-12,15,21H,10,13H2,1-5H3. The van der Waals surface area contributed by atoms with Gasteiger partial charge in [-0.25, -0.2) is 0 Å². The maximum atomic E-state index is 5.40. The Morgan fingerprint density at radius 3 is 2.12 bits per heavy atom. The van der Waals surface area contributed by atoms with E-state index in [1.54, 1.807) is 21.3 Å². The average molecular weight is 329 g/mol. The van der Waals surface area contributed by atoms with Crippen LogP contribution in [0.3, 0.4) is 0 Å². The van der Waals surface area contributed by atoms with Gasteiger partial charge in [-0.3, -0.25) is 0 Å². The second-order valence-electron chi connectivity index (χ2n) is 5.95. The lowest BCUT2D eigenvalue weighted by molar-refractivity contribution is 0.323. The van der Waals surface area contributed by atoms with E-state index >= 15 is 0 Å². The van der Waals surface area contributed by atoms with Crippen LogP contribution >= 0.6 is 0 Å².